The highest BCUT2D eigenvalue weighted by molar-refractivity contribution is 4.80. The second kappa shape index (κ2) is 7.25. The molecule has 1 aliphatic heterocycles. The molecule has 0 spiro atoms. The van der Waals surface area contributed by atoms with Crippen molar-refractivity contribution in [1.82, 2.24) is 10.2 Å². The third-order valence-electron chi connectivity index (χ3n) is 3.67. The van der Waals surface area contributed by atoms with Crippen molar-refractivity contribution in [1.29, 1.82) is 0 Å². The first-order valence-corrected chi connectivity index (χ1v) is 6.65. The number of methoxy groups -OCH3 is 1. The van der Waals surface area contributed by atoms with Crippen LogP contribution in [0.25, 0.3) is 0 Å². The van der Waals surface area contributed by atoms with Gasteiger partial charge in [-0.05, 0) is 18.8 Å². The zero-order valence-corrected chi connectivity index (χ0v) is 11.3. The molecule has 1 saturated heterocycles. The van der Waals surface area contributed by atoms with Crippen LogP contribution in [0, 0.1) is 5.92 Å². The molecule has 2 atom stereocenters. The van der Waals surface area contributed by atoms with Gasteiger partial charge in [0.15, 0.2) is 0 Å². The van der Waals surface area contributed by atoms with E-state index >= 15 is 0 Å². The fourth-order valence-corrected chi connectivity index (χ4v) is 2.52. The molecule has 0 aromatic heterocycles. The first kappa shape index (κ1) is 13.9. The molecule has 3 nitrogen and oxygen atoms in total. The number of rotatable bonds is 5. The van der Waals surface area contributed by atoms with E-state index in [1.807, 2.05) is 0 Å². The zero-order valence-electron chi connectivity index (χ0n) is 11.3. The van der Waals surface area contributed by atoms with Crippen molar-refractivity contribution < 1.29 is 4.74 Å². The zero-order chi connectivity index (χ0) is 12.0. The molecular weight excluding hydrogens is 200 g/mol. The topological polar surface area (TPSA) is 24.5 Å². The Balaban J connectivity index is 2.50. The maximum Gasteiger partial charge on any atom is 0.0620 e. The molecular formula is C13H28N2O. The van der Waals surface area contributed by atoms with E-state index < -0.39 is 0 Å². The van der Waals surface area contributed by atoms with E-state index in [-0.39, 0.29) is 0 Å². The lowest BCUT2D eigenvalue weighted by atomic mass is 10.0. The minimum Gasteiger partial charge on any atom is -0.383 e. The van der Waals surface area contributed by atoms with Crippen LogP contribution in [0.15, 0.2) is 0 Å². The van der Waals surface area contributed by atoms with Gasteiger partial charge >= 0.3 is 0 Å². The maximum atomic E-state index is 5.35. The fourth-order valence-electron chi connectivity index (χ4n) is 2.52. The molecule has 1 heterocycles. The molecule has 0 aliphatic carbocycles. The Morgan fingerprint density at radius 1 is 1.38 bits per heavy atom. The molecule has 1 aliphatic rings. The monoisotopic (exact) mass is 228 g/mol. The lowest BCUT2D eigenvalue weighted by molar-refractivity contribution is 0.0678. The van der Waals surface area contributed by atoms with Gasteiger partial charge in [0.1, 0.15) is 0 Å². The number of nitrogens with one attached hydrogen (secondary N) is 1. The Labute approximate surface area is 101 Å². The van der Waals surface area contributed by atoms with Crippen LogP contribution >= 0.6 is 0 Å². The van der Waals surface area contributed by atoms with E-state index in [9.17, 15) is 0 Å². The summed E-state index contributed by atoms with van der Waals surface area (Å²) in [5.74, 6) is 0.665. The van der Waals surface area contributed by atoms with Crippen molar-refractivity contribution >= 4 is 0 Å². The van der Waals surface area contributed by atoms with Crippen molar-refractivity contribution in [3.8, 4) is 0 Å². The van der Waals surface area contributed by atoms with Crippen LogP contribution in [0.4, 0.5) is 0 Å². The molecule has 2 unspecified atom stereocenters. The first-order chi connectivity index (χ1) is 7.69. The molecule has 0 aromatic rings. The van der Waals surface area contributed by atoms with Gasteiger partial charge in [0.05, 0.1) is 6.61 Å². The van der Waals surface area contributed by atoms with Crippen LogP contribution in [0.1, 0.15) is 33.6 Å². The third kappa shape index (κ3) is 4.04. The van der Waals surface area contributed by atoms with Gasteiger partial charge in [-0.3, -0.25) is 4.90 Å². The second-order valence-electron chi connectivity index (χ2n) is 5.15. The molecule has 16 heavy (non-hydrogen) atoms. The van der Waals surface area contributed by atoms with Crippen LogP contribution in [-0.4, -0.2) is 50.3 Å². The van der Waals surface area contributed by atoms with Gasteiger partial charge < -0.3 is 10.1 Å². The quantitative estimate of drug-likeness (QED) is 0.775. The molecule has 0 saturated carbocycles. The highest BCUT2D eigenvalue weighted by Gasteiger charge is 2.24. The number of hydrogen-bond acceptors (Lipinski definition) is 3. The highest BCUT2D eigenvalue weighted by Crippen LogP contribution is 2.14. The molecule has 96 valence electrons. The second-order valence-corrected chi connectivity index (χ2v) is 5.15. The summed E-state index contributed by atoms with van der Waals surface area (Å²) < 4.78 is 5.35. The van der Waals surface area contributed by atoms with E-state index in [0.29, 0.717) is 18.0 Å². The summed E-state index contributed by atoms with van der Waals surface area (Å²) in [5.41, 5.74) is 0. The molecule has 0 aromatic carbocycles. The van der Waals surface area contributed by atoms with Gasteiger partial charge in [0, 0.05) is 38.8 Å². The Morgan fingerprint density at radius 3 is 2.69 bits per heavy atom. The van der Waals surface area contributed by atoms with Gasteiger partial charge in [-0.25, -0.2) is 0 Å². The lowest BCUT2D eigenvalue weighted by Crippen LogP contribution is -2.43. The van der Waals surface area contributed by atoms with Crippen LogP contribution in [0.5, 0.6) is 0 Å². The minimum atomic E-state index is 0.572. The van der Waals surface area contributed by atoms with Crippen molar-refractivity contribution in [3.05, 3.63) is 0 Å². The summed E-state index contributed by atoms with van der Waals surface area (Å²) in [6, 6.07) is 1.28. The Morgan fingerprint density at radius 2 is 2.12 bits per heavy atom. The molecule has 1 N–H and O–H groups in total. The predicted molar refractivity (Wildman–Crippen MR) is 68.8 cm³/mol. The van der Waals surface area contributed by atoms with Crippen LogP contribution in [-0.2, 0) is 4.74 Å². The van der Waals surface area contributed by atoms with Gasteiger partial charge in [0.2, 0.25) is 0 Å². The number of ether oxygens (including phenoxy) is 1. The van der Waals surface area contributed by atoms with E-state index in [0.717, 1.165) is 19.7 Å². The Hall–Kier alpha value is -0.120. The average molecular weight is 228 g/mol. The van der Waals surface area contributed by atoms with Crippen molar-refractivity contribution in [2.24, 2.45) is 5.92 Å². The van der Waals surface area contributed by atoms with Crippen LogP contribution in [0.2, 0.25) is 0 Å². The van der Waals surface area contributed by atoms with Gasteiger partial charge in [-0.15, -0.1) is 0 Å². The van der Waals surface area contributed by atoms with Gasteiger partial charge in [0.25, 0.3) is 0 Å². The summed E-state index contributed by atoms with van der Waals surface area (Å²) in [7, 11) is 1.81. The van der Waals surface area contributed by atoms with Gasteiger partial charge in [-0.2, -0.15) is 0 Å². The molecule has 0 amide bonds. The standard InChI is InChI=1S/C13H28N2O/c1-5-12-6-8-15(9-7-14-12)13(10-16-4)11(2)3/h11-14H,5-10H2,1-4H3. The van der Waals surface area contributed by atoms with Crippen LogP contribution in [0.3, 0.4) is 0 Å². The van der Waals surface area contributed by atoms with Crippen molar-refractivity contribution in [3.63, 3.8) is 0 Å². The molecule has 0 bridgehead atoms. The summed E-state index contributed by atoms with van der Waals surface area (Å²) in [4.78, 5) is 2.59. The van der Waals surface area contributed by atoms with Crippen molar-refractivity contribution in [2.75, 3.05) is 33.4 Å². The molecule has 0 radical (unpaired) electrons. The number of hydrogen-bond donors (Lipinski definition) is 1. The Bertz CT molecular complexity index is 185. The maximum absolute atomic E-state index is 5.35. The van der Waals surface area contributed by atoms with Gasteiger partial charge in [-0.1, -0.05) is 20.8 Å². The Kier molecular flexibility index (Phi) is 6.32. The van der Waals surface area contributed by atoms with E-state index in [4.69, 9.17) is 4.74 Å². The molecule has 1 fully saturated rings. The highest BCUT2D eigenvalue weighted by atomic mass is 16.5. The van der Waals surface area contributed by atoms with E-state index in [1.165, 1.54) is 19.4 Å². The fraction of sp³-hybridized carbons (Fsp3) is 1.00. The van der Waals surface area contributed by atoms with Crippen LogP contribution < -0.4 is 5.32 Å². The summed E-state index contributed by atoms with van der Waals surface area (Å²) in [6.07, 6.45) is 2.51. The van der Waals surface area contributed by atoms with E-state index in [2.05, 4.69) is 31.0 Å². The van der Waals surface area contributed by atoms with Crippen molar-refractivity contribution in [2.45, 2.75) is 45.7 Å². The summed E-state index contributed by atoms with van der Waals surface area (Å²) in [5, 5.41) is 3.61. The lowest BCUT2D eigenvalue weighted by Gasteiger charge is -2.32. The molecule has 3 heteroatoms. The predicted octanol–water partition coefficient (Wildman–Crippen LogP) is 1.73. The largest absolute Gasteiger partial charge is 0.383 e. The third-order valence-corrected chi connectivity index (χ3v) is 3.67. The average Bonchev–Trinajstić information content (AvgIpc) is 2.50. The first-order valence-electron chi connectivity index (χ1n) is 6.65. The smallest absolute Gasteiger partial charge is 0.0620 e. The van der Waals surface area contributed by atoms with E-state index in [1.54, 1.807) is 7.11 Å². The molecule has 1 rings (SSSR count). The summed E-state index contributed by atoms with van der Waals surface area (Å²) >= 11 is 0. The minimum absolute atomic E-state index is 0.572. The normalized spacial score (nSPS) is 25.7. The number of nitrogens with zero attached hydrogens (tertiary/aromatic N) is 1. The SMILES string of the molecule is CCC1CCN(C(COC)C(C)C)CCN1. The summed E-state index contributed by atoms with van der Waals surface area (Å²) in [6.45, 7) is 11.2.